The minimum absolute atomic E-state index is 0.381. The van der Waals surface area contributed by atoms with E-state index in [1.807, 2.05) is 0 Å². The van der Waals surface area contributed by atoms with Gasteiger partial charge in [-0.25, -0.2) is 4.79 Å². The summed E-state index contributed by atoms with van der Waals surface area (Å²) in [5, 5.41) is 4.60. The van der Waals surface area contributed by atoms with E-state index < -0.39 is 0 Å². The Morgan fingerprint density at radius 3 is 2.81 bits per heavy atom. The van der Waals surface area contributed by atoms with E-state index in [4.69, 9.17) is 17.0 Å². The molecule has 4 nitrogen and oxygen atoms in total. The zero-order valence-electron chi connectivity index (χ0n) is 9.15. The molecule has 0 unspecified atom stereocenters. The summed E-state index contributed by atoms with van der Waals surface area (Å²) in [6.07, 6.45) is 0. The predicted octanol–water partition coefficient (Wildman–Crippen LogP) is 1.89. The minimum Gasteiger partial charge on any atom is -0.495 e. The van der Waals surface area contributed by atoms with E-state index in [1.54, 1.807) is 30.7 Å². The maximum atomic E-state index is 11.3. The SMILES string of the molecule is COC(=O)c1ccc(OC)c(NCC=S)c1. The summed E-state index contributed by atoms with van der Waals surface area (Å²) >= 11 is 4.72. The van der Waals surface area contributed by atoms with Gasteiger partial charge in [0.1, 0.15) is 5.75 Å². The number of hydrogen-bond donors (Lipinski definition) is 1. The first kappa shape index (κ1) is 12.4. The maximum Gasteiger partial charge on any atom is 0.337 e. The van der Waals surface area contributed by atoms with Crippen molar-refractivity contribution < 1.29 is 14.3 Å². The molecule has 0 aliphatic heterocycles. The van der Waals surface area contributed by atoms with Crippen LogP contribution in [0.1, 0.15) is 10.4 Å². The first-order chi connectivity index (χ1) is 7.72. The number of hydrogen-bond acceptors (Lipinski definition) is 5. The predicted molar refractivity (Wildman–Crippen MR) is 66.5 cm³/mol. The lowest BCUT2D eigenvalue weighted by atomic mass is 10.2. The van der Waals surface area contributed by atoms with Crippen LogP contribution in [-0.2, 0) is 4.74 Å². The number of rotatable bonds is 5. The summed E-state index contributed by atoms with van der Waals surface area (Å²) in [5.41, 5.74) is 1.18. The summed E-state index contributed by atoms with van der Waals surface area (Å²) in [6, 6.07) is 5.02. The van der Waals surface area contributed by atoms with E-state index in [2.05, 4.69) is 10.1 Å². The van der Waals surface area contributed by atoms with Crippen LogP contribution in [-0.4, -0.2) is 32.1 Å². The monoisotopic (exact) mass is 239 g/mol. The summed E-state index contributed by atoms with van der Waals surface area (Å²) in [6.45, 7) is 0.524. The zero-order valence-corrected chi connectivity index (χ0v) is 9.97. The minimum atomic E-state index is -0.381. The molecular formula is C11H13NO3S. The molecule has 0 heterocycles. The van der Waals surface area contributed by atoms with Crippen LogP contribution in [0, 0.1) is 0 Å². The Kier molecular flexibility index (Phi) is 4.72. The molecule has 0 fully saturated rings. The first-order valence-electron chi connectivity index (χ1n) is 4.66. The van der Waals surface area contributed by atoms with Gasteiger partial charge in [0, 0.05) is 6.54 Å². The van der Waals surface area contributed by atoms with Gasteiger partial charge in [0.25, 0.3) is 0 Å². The van der Waals surface area contributed by atoms with Gasteiger partial charge in [0.15, 0.2) is 0 Å². The van der Waals surface area contributed by atoms with E-state index in [0.29, 0.717) is 23.5 Å². The average Bonchev–Trinajstić information content (AvgIpc) is 2.34. The molecule has 0 saturated heterocycles. The van der Waals surface area contributed by atoms with E-state index in [9.17, 15) is 4.79 Å². The summed E-state index contributed by atoms with van der Waals surface area (Å²) in [7, 11) is 2.91. The third-order valence-corrected chi connectivity index (χ3v) is 2.16. The van der Waals surface area contributed by atoms with Crippen LogP contribution in [0.3, 0.4) is 0 Å². The number of thiocarbonyl (C=S) groups is 1. The van der Waals surface area contributed by atoms with Crippen LogP contribution in [0.2, 0.25) is 0 Å². The van der Waals surface area contributed by atoms with Crippen molar-refractivity contribution in [1.82, 2.24) is 0 Å². The number of nitrogens with one attached hydrogen (secondary N) is 1. The fraction of sp³-hybridized carbons (Fsp3) is 0.273. The van der Waals surface area contributed by atoms with Crippen LogP contribution in [0.25, 0.3) is 0 Å². The van der Waals surface area contributed by atoms with Crippen LogP contribution in [0.4, 0.5) is 5.69 Å². The molecule has 16 heavy (non-hydrogen) atoms. The molecule has 0 aliphatic rings. The molecule has 1 N–H and O–H groups in total. The lowest BCUT2D eigenvalue weighted by Crippen LogP contribution is -2.06. The number of ether oxygens (including phenoxy) is 2. The highest BCUT2D eigenvalue weighted by Crippen LogP contribution is 2.25. The Hall–Kier alpha value is -1.62. The normalized spacial score (nSPS) is 9.38. The highest BCUT2D eigenvalue weighted by molar-refractivity contribution is 7.79. The molecule has 1 aromatic rings. The largest absolute Gasteiger partial charge is 0.495 e. The molecule has 0 atom stereocenters. The van der Waals surface area contributed by atoms with Gasteiger partial charge in [-0.05, 0) is 23.6 Å². The molecule has 0 saturated carbocycles. The van der Waals surface area contributed by atoms with Gasteiger partial charge in [-0.1, -0.05) is 12.2 Å². The second kappa shape index (κ2) is 6.07. The van der Waals surface area contributed by atoms with Crippen molar-refractivity contribution in [1.29, 1.82) is 0 Å². The van der Waals surface area contributed by atoms with E-state index in [-0.39, 0.29) is 5.97 Å². The summed E-state index contributed by atoms with van der Waals surface area (Å²) in [5.74, 6) is 0.276. The maximum absolute atomic E-state index is 11.3. The van der Waals surface area contributed by atoms with Gasteiger partial charge in [0.2, 0.25) is 0 Å². The van der Waals surface area contributed by atoms with Gasteiger partial charge in [-0.15, -0.1) is 0 Å². The number of carbonyl (C=O) groups is 1. The van der Waals surface area contributed by atoms with E-state index in [0.717, 1.165) is 0 Å². The van der Waals surface area contributed by atoms with Crippen molar-refractivity contribution in [3.8, 4) is 5.75 Å². The van der Waals surface area contributed by atoms with E-state index in [1.165, 1.54) is 7.11 Å². The number of methoxy groups -OCH3 is 2. The van der Waals surface area contributed by atoms with Gasteiger partial charge >= 0.3 is 5.97 Å². The molecule has 0 amide bonds. The fourth-order valence-corrected chi connectivity index (χ4v) is 1.33. The number of benzene rings is 1. The lowest BCUT2D eigenvalue weighted by Gasteiger charge is -2.10. The van der Waals surface area contributed by atoms with E-state index >= 15 is 0 Å². The Bertz CT molecular complexity index is 393. The van der Waals surface area contributed by atoms with Crippen molar-refractivity contribution in [3.05, 3.63) is 23.8 Å². The molecule has 0 bridgehead atoms. The second-order valence-corrected chi connectivity index (χ2v) is 3.29. The van der Waals surface area contributed by atoms with Gasteiger partial charge < -0.3 is 14.8 Å². The average molecular weight is 239 g/mol. The third kappa shape index (κ3) is 2.93. The summed E-state index contributed by atoms with van der Waals surface area (Å²) in [4.78, 5) is 11.3. The Labute approximate surface area is 99.6 Å². The van der Waals surface area contributed by atoms with Crippen molar-refractivity contribution in [2.24, 2.45) is 0 Å². The smallest absolute Gasteiger partial charge is 0.337 e. The number of esters is 1. The topological polar surface area (TPSA) is 47.6 Å². The first-order valence-corrected chi connectivity index (χ1v) is 5.14. The molecule has 1 rings (SSSR count). The Morgan fingerprint density at radius 1 is 1.50 bits per heavy atom. The summed E-state index contributed by atoms with van der Waals surface area (Å²) < 4.78 is 9.78. The third-order valence-electron chi connectivity index (χ3n) is 2.00. The molecule has 0 aliphatic carbocycles. The van der Waals surface area contributed by atoms with Crippen LogP contribution < -0.4 is 10.1 Å². The zero-order chi connectivity index (χ0) is 12.0. The van der Waals surface area contributed by atoms with Crippen molar-refractivity contribution in [3.63, 3.8) is 0 Å². The number of anilines is 1. The van der Waals surface area contributed by atoms with Gasteiger partial charge in [0.05, 0.1) is 25.5 Å². The Morgan fingerprint density at radius 2 is 2.25 bits per heavy atom. The number of carbonyl (C=O) groups excluding carboxylic acids is 1. The van der Waals surface area contributed by atoms with Crippen LogP contribution in [0.5, 0.6) is 5.75 Å². The van der Waals surface area contributed by atoms with Crippen LogP contribution in [0.15, 0.2) is 18.2 Å². The Balaban J connectivity index is 3.00. The second-order valence-electron chi connectivity index (χ2n) is 2.95. The van der Waals surface area contributed by atoms with Crippen molar-refractivity contribution in [2.75, 3.05) is 26.1 Å². The molecule has 0 spiro atoms. The highest BCUT2D eigenvalue weighted by atomic mass is 32.1. The molecule has 1 aromatic carbocycles. The van der Waals surface area contributed by atoms with Gasteiger partial charge in [-0.3, -0.25) is 0 Å². The van der Waals surface area contributed by atoms with Crippen molar-refractivity contribution >= 4 is 29.2 Å². The standard InChI is InChI=1S/C11H13NO3S/c1-14-10-4-3-8(11(13)15-2)7-9(10)12-5-6-16/h3-4,6-7,12H,5H2,1-2H3. The molecule has 86 valence electrons. The molecule has 0 aromatic heterocycles. The quantitative estimate of drug-likeness (QED) is 0.628. The lowest BCUT2D eigenvalue weighted by molar-refractivity contribution is 0.0601. The van der Waals surface area contributed by atoms with Crippen molar-refractivity contribution in [2.45, 2.75) is 0 Å². The molecule has 0 radical (unpaired) electrons. The molecular weight excluding hydrogens is 226 g/mol. The fourth-order valence-electron chi connectivity index (χ4n) is 1.24. The van der Waals surface area contributed by atoms with Gasteiger partial charge in [-0.2, -0.15) is 0 Å². The molecule has 5 heteroatoms. The highest BCUT2D eigenvalue weighted by Gasteiger charge is 2.09. The van der Waals surface area contributed by atoms with Crippen LogP contribution >= 0.6 is 12.2 Å².